The van der Waals surface area contributed by atoms with Gasteiger partial charge >= 0.3 is 6.18 Å². The minimum atomic E-state index is -4.56. The van der Waals surface area contributed by atoms with Crippen molar-refractivity contribution >= 4 is 28.9 Å². The van der Waals surface area contributed by atoms with E-state index in [4.69, 9.17) is 4.74 Å². The van der Waals surface area contributed by atoms with Crippen molar-refractivity contribution in [2.24, 2.45) is 0 Å². The molecule has 0 bridgehead atoms. The number of nitrogens with zero attached hydrogens (tertiary/aromatic N) is 2. The fraction of sp³-hybridized carbons (Fsp3) is 0.375. The average molecular weight is 581 g/mol. The molecular weight excluding hydrogens is 545 g/mol. The number of amides is 2. The number of piperazine rings is 1. The minimum absolute atomic E-state index is 0.0878. The highest BCUT2D eigenvalue weighted by Gasteiger charge is 2.31. The molecule has 0 unspecified atom stereocenters. The van der Waals surface area contributed by atoms with Crippen molar-refractivity contribution in [1.82, 2.24) is 5.32 Å². The maximum absolute atomic E-state index is 13.6. The topological polar surface area (TPSA) is 73.9 Å². The zero-order chi connectivity index (χ0) is 29.7. The van der Waals surface area contributed by atoms with E-state index in [0.717, 1.165) is 74.5 Å². The second-order valence-corrected chi connectivity index (χ2v) is 10.7. The van der Waals surface area contributed by atoms with Crippen molar-refractivity contribution < 1.29 is 27.5 Å². The summed E-state index contributed by atoms with van der Waals surface area (Å²) in [6.45, 7) is 2.77. The number of carbonyl (C=O) groups excluding carboxylic acids is 2. The number of hydrogen-bond acceptors (Lipinski definition) is 5. The van der Waals surface area contributed by atoms with Crippen LogP contribution in [0.5, 0.6) is 5.75 Å². The molecule has 2 amide bonds. The summed E-state index contributed by atoms with van der Waals surface area (Å²) in [4.78, 5) is 30.9. The lowest BCUT2D eigenvalue weighted by Crippen LogP contribution is -2.47. The lowest BCUT2D eigenvalue weighted by atomic mass is 9.95. The lowest BCUT2D eigenvalue weighted by Gasteiger charge is -2.38. The first-order valence-electron chi connectivity index (χ1n) is 14.3. The van der Waals surface area contributed by atoms with Crippen molar-refractivity contribution in [2.75, 3.05) is 48.4 Å². The highest BCUT2D eigenvalue weighted by molar-refractivity contribution is 6.06. The number of methoxy groups -OCH3 is 1. The molecule has 1 saturated carbocycles. The van der Waals surface area contributed by atoms with Gasteiger partial charge < -0.3 is 25.2 Å². The van der Waals surface area contributed by atoms with Crippen LogP contribution >= 0.6 is 0 Å². The van der Waals surface area contributed by atoms with E-state index in [2.05, 4.69) is 20.4 Å². The number of alkyl halides is 3. The second kappa shape index (κ2) is 12.8. The number of carbonyl (C=O) groups is 2. The lowest BCUT2D eigenvalue weighted by molar-refractivity contribution is -0.137. The molecule has 10 heteroatoms. The monoisotopic (exact) mass is 580 g/mol. The van der Waals surface area contributed by atoms with Gasteiger partial charge in [-0.2, -0.15) is 13.2 Å². The zero-order valence-electron chi connectivity index (χ0n) is 23.5. The predicted octanol–water partition coefficient (Wildman–Crippen LogP) is 6.36. The van der Waals surface area contributed by atoms with Crippen molar-refractivity contribution in [3.8, 4) is 5.75 Å². The quantitative estimate of drug-likeness (QED) is 0.341. The Balaban J connectivity index is 1.37. The Morgan fingerprint density at radius 3 is 2.19 bits per heavy atom. The molecule has 42 heavy (non-hydrogen) atoms. The molecule has 3 aromatic carbocycles. The summed E-state index contributed by atoms with van der Waals surface area (Å²) in [5.41, 5.74) is 1.51. The molecule has 7 nitrogen and oxygen atoms in total. The number of anilines is 3. The standard InChI is InChI=1S/C32H35F3N4O3/c1-42-29-13-6-5-12-28(29)39-18-16-38(17-19-39)27-15-14-25(21-26(27)31(41)36-24-10-3-2-4-11-24)37-30(40)22-8-7-9-23(20-22)32(33,34)35/h5-9,12-15,20-21,24H,2-4,10-11,16-19H2,1H3,(H,36,41)(H,37,40). The van der Waals surface area contributed by atoms with Gasteiger partial charge in [-0.15, -0.1) is 0 Å². The van der Waals surface area contributed by atoms with Gasteiger partial charge in [0.15, 0.2) is 0 Å². The van der Waals surface area contributed by atoms with Crippen LogP contribution in [-0.4, -0.2) is 51.1 Å². The third-order valence-corrected chi connectivity index (χ3v) is 7.94. The molecule has 0 radical (unpaired) electrons. The maximum atomic E-state index is 13.6. The molecule has 2 fully saturated rings. The summed E-state index contributed by atoms with van der Waals surface area (Å²) in [6.07, 6.45) is 0.573. The summed E-state index contributed by atoms with van der Waals surface area (Å²) in [5.74, 6) is -0.100. The van der Waals surface area contributed by atoms with E-state index in [1.54, 1.807) is 25.3 Å². The average Bonchev–Trinajstić information content (AvgIpc) is 3.01. The van der Waals surface area contributed by atoms with Crippen molar-refractivity contribution in [3.05, 3.63) is 83.4 Å². The SMILES string of the molecule is COc1ccccc1N1CCN(c2ccc(NC(=O)c3cccc(C(F)(F)F)c3)cc2C(=O)NC2CCCCC2)CC1. The van der Waals surface area contributed by atoms with Gasteiger partial charge in [-0.25, -0.2) is 0 Å². The number of benzene rings is 3. The van der Waals surface area contributed by atoms with Gasteiger partial charge in [0.05, 0.1) is 23.9 Å². The van der Waals surface area contributed by atoms with Gasteiger partial charge in [-0.1, -0.05) is 37.5 Å². The Bertz CT molecular complexity index is 1410. The molecule has 1 aliphatic carbocycles. The van der Waals surface area contributed by atoms with Gasteiger partial charge in [-0.05, 0) is 61.4 Å². The van der Waals surface area contributed by atoms with Gasteiger partial charge in [0, 0.05) is 49.2 Å². The summed E-state index contributed by atoms with van der Waals surface area (Å²) >= 11 is 0. The molecule has 1 saturated heterocycles. The third-order valence-electron chi connectivity index (χ3n) is 7.94. The molecule has 1 aliphatic heterocycles. The van der Waals surface area contributed by atoms with Crippen LogP contribution in [-0.2, 0) is 6.18 Å². The Morgan fingerprint density at radius 2 is 1.50 bits per heavy atom. The first kappa shape index (κ1) is 29.3. The van der Waals surface area contributed by atoms with Crippen molar-refractivity contribution in [2.45, 2.75) is 44.3 Å². The van der Waals surface area contributed by atoms with Crippen LogP contribution in [0.2, 0.25) is 0 Å². The largest absolute Gasteiger partial charge is 0.495 e. The number of halogens is 3. The van der Waals surface area contributed by atoms with Crippen LogP contribution in [0.25, 0.3) is 0 Å². The summed E-state index contributed by atoms with van der Waals surface area (Å²) in [6, 6.07) is 17.3. The van der Waals surface area contributed by atoms with E-state index in [1.807, 2.05) is 24.3 Å². The Morgan fingerprint density at radius 1 is 0.810 bits per heavy atom. The first-order valence-corrected chi connectivity index (χ1v) is 14.3. The zero-order valence-corrected chi connectivity index (χ0v) is 23.5. The highest BCUT2D eigenvalue weighted by atomic mass is 19.4. The molecule has 2 N–H and O–H groups in total. The molecule has 2 aliphatic rings. The van der Waals surface area contributed by atoms with Crippen LogP contribution in [0.3, 0.4) is 0 Å². The molecule has 1 heterocycles. The smallest absolute Gasteiger partial charge is 0.416 e. The fourth-order valence-corrected chi connectivity index (χ4v) is 5.70. The molecular formula is C32H35F3N4O3. The van der Waals surface area contributed by atoms with E-state index >= 15 is 0 Å². The Labute approximate surface area is 243 Å². The number of rotatable bonds is 7. The van der Waals surface area contributed by atoms with Crippen LogP contribution in [0.4, 0.5) is 30.2 Å². The van der Waals surface area contributed by atoms with E-state index in [-0.39, 0.29) is 17.5 Å². The summed E-state index contributed by atoms with van der Waals surface area (Å²) in [7, 11) is 1.65. The molecule has 222 valence electrons. The van der Waals surface area contributed by atoms with Crippen LogP contribution in [0.15, 0.2) is 66.7 Å². The van der Waals surface area contributed by atoms with Crippen LogP contribution in [0.1, 0.15) is 58.4 Å². The van der Waals surface area contributed by atoms with Gasteiger partial charge in [0.1, 0.15) is 5.75 Å². The highest BCUT2D eigenvalue weighted by Crippen LogP contribution is 2.32. The maximum Gasteiger partial charge on any atom is 0.416 e. The number of nitrogens with one attached hydrogen (secondary N) is 2. The number of ether oxygens (including phenoxy) is 1. The molecule has 0 spiro atoms. The Hall–Kier alpha value is -4.21. The van der Waals surface area contributed by atoms with E-state index < -0.39 is 17.6 Å². The van der Waals surface area contributed by atoms with E-state index in [0.29, 0.717) is 24.3 Å². The van der Waals surface area contributed by atoms with Crippen LogP contribution in [0, 0.1) is 0 Å². The van der Waals surface area contributed by atoms with Gasteiger partial charge in [0.25, 0.3) is 11.8 Å². The summed E-state index contributed by atoms with van der Waals surface area (Å²) < 4.78 is 45.1. The molecule has 5 rings (SSSR count). The van der Waals surface area contributed by atoms with E-state index in [9.17, 15) is 22.8 Å². The molecule has 0 aromatic heterocycles. The van der Waals surface area contributed by atoms with E-state index in [1.165, 1.54) is 12.1 Å². The number of hydrogen-bond donors (Lipinski definition) is 2. The van der Waals surface area contributed by atoms with Gasteiger partial charge in [-0.3, -0.25) is 9.59 Å². The normalized spacial score (nSPS) is 16.2. The Kier molecular flexibility index (Phi) is 8.89. The van der Waals surface area contributed by atoms with Crippen molar-refractivity contribution in [1.29, 1.82) is 0 Å². The predicted molar refractivity (Wildman–Crippen MR) is 158 cm³/mol. The second-order valence-electron chi connectivity index (χ2n) is 10.7. The third kappa shape index (κ3) is 6.80. The van der Waals surface area contributed by atoms with Crippen molar-refractivity contribution in [3.63, 3.8) is 0 Å². The van der Waals surface area contributed by atoms with Gasteiger partial charge in [0.2, 0.25) is 0 Å². The van der Waals surface area contributed by atoms with Crippen LogP contribution < -0.4 is 25.2 Å². The molecule has 0 atom stereocenters. The number of para-hydroxylation sites is 2. The summed E-state index contributed by atoms with van der Waals surface area (Å²) in [5, 5.41) is 5.85. The minimum Gasteiger partial charge on any atom is -0.495 e. The first-order chi connectivity index (χ1) is 20.2. The fourth-order valence-electron chi connectivity index (χ4n) is 5.70. The molecule has 3 aromatic rings.